The molecule has 10 nitrogen and oxygen atoms in total. The first-order valence-electron chi connectivity index (χ1n) is 19.9. The van der Waals surface area contributed by atoms with Gasteiger partial charge in [-0.25, -0.2) is 4.57 Å². The first kappa shape index (κ1) is 50.4. The van der Waals surface area contributed by atoms with Crippen molar-refractivity contribution in [2.24, 2.45) is 0 Å². The zero-order valence-corrected chi connectivity index (χ0v) is 33.6. The summed E-state index contributed by atoms with van der Waals surface area (Å²) in [7, 11) is -4.64. The van der Waals surface area contributed by atoms with Gasteiger partial charge in [-0.1, -0.05) is 112 Å². The van der Waals surface area contributed by atoms with Gasteiger partial charge in [0.25, 0.3) is 0 Å². The normalized spacial score (nSPS) is 14.7. The minimum Gasteiger partial charge on any atom is -0.462 e. The molecule has 0 spiro atoms. The van der Waals surface area contributed by atoms with Crippen LogP contribution in [-0.4, -0.2) is 65.7 Å². The third kappa shape index (κ3) is 37.5. The summed E-state index contributed by atoms with van der Waals surface area (Å²) in [5, 5.41) is 18.3. The number of phosphoric ester groups is 1. The van der Waals surface area contributed by atoms with Crippen molar-refractivity contribution in [3.63, 3.8) is 0 Å². The van der Waals surface area contributed by atoms with Crippen molar-refractivity contribution in [1.29, 1.82) is 0 Å². The van der Waals surface area contributed by atoms with E-state index in [1.807, 2.05) is 0 Å². The molecule has 0 radical (unpaired) electrons. The highest BCUT2D eigenvalue weighted by molar-refractivity contribution is 7.47. The molecule has 0 heterocycles. The van der Waals surface area contributed by atoms with E-state index in [4.69, 9.17) is 19.1 Å². The predicted octanol–water partition coefficient (Wildman–Crippen LogP) is 10.1. The van der Waals surface area contributed by atoms with E-state index in [0.29, 0.717) is 12.8 Å². The maximum Gasteiger partial charge on any atom is 0.472 e. The number of carbonyl (C=O) groups is 2. The molecule has 0 aromatic heterocycles. The Balaban J connectivity index is 4.51. The number of carbonyl (C=O) groups excluding carboxylic acids is 2. The van der Waals surface area contributed by atoms with Crippen molar-refractivity contribution in [3.8, 4) is 0 Å². The van der Waals surface area contributed by atoms with E-state index < -0.39 is 51.8 Å². The number of unbranched alkanes of at least 4 members (excludes halogenated alkanes) is 10. The molecule has 0 aliphatic heterocycles. The molecule has 11 heteroatoms. The zero-order valence-electron chi connectivity index (χ0n) is 32.7. The van der Waals surface area contributed by atoms with E-state index in [1.54, 1.807) is 0 Å². The van der Waals surface area contributed by atoms with E-state index in [2.05, 4.69) is 91.3 Å². The molecule has 0 saturated carbocycles. The summed E-state index contributed by atoms with van der Waals surface area (Å²) in [6, 6.07) is 0. The highest BCUT2D eigenvalue weighted by Gasteiger charge is 2.27. The van der Waals surface area contributed by atoms with Crippen molar-refractivity contribution < 1.29 is 47.8 Å². The Kier molecular flexibility index (Phi) is 35.9. The van der Waals surface area contributed by atoms with Crippen LogP contribution in [0.4, 0.5) is 0 Å². The Bertz CT molecular complexity index is 1110. The fourth-order valence-electron chi connectivity index (χ4n) is 4.71. The average Bonchev–Trinajstić information content (AvgIpc) is 3.14. The zero-order chi connectivity index (χ0) is 39.1. The molecule has 0 rings (SSSR count). The number of hydrogen-bond donors (Lipinski definition) is 3. The van der Waals surface area contributed by atoms with Gasteiger partial charge in [0.1, 0.15) is 12.7 Å². The molecule has 53 heavy (non-hydrogen) atoms. The van der Waals surface area contributed by atoms with Crippen molar-refractivity contribution in [2.45, 2.75) is 154 Å². The first-order chi connectivity index (χ1) is 25.7. The molecule has 1 unspecified atom stereocenters. The van der Waals surface area contributed by atoms with Crippen LogP contribution in [0, 0.1) is 0 Å². The Morgan fingerprint density at radius 1 is 0.566 bits per heavy atom. The van der Waals surface area contributed by atoms with Gasteiger partial charge in [0.15, 0.2) is 6.10 Å². The van der Waals surface area contributed by atoms with E-state index in [-0.39, 0.29) is 19.4 Å². The van der Waals surface area contributed by atoms with Crippen LogP contribution in [0.3, 0.4) is 0 Å². The number of aliphatic hydroxyl groups is 2. The third-order valence-electron chi connectivity index (χ3n) is 7.83. The first-order valence-corrected chi connectivity index (χ1v) is 21.4. The summed E-state index contributed by atoms with van der Waals surface area (Å²) in [5.41, 5.74) is 0. The molecule has 0 aromatic carbocycles. The van der Waals surface area contributed by atoms with Gasteiger partial charge < -0.3 is 24.6 Å². The summed E-state index contributed by atoms with van der Waals surface area (Å²) < 4.78 is 32.5. The molecular weight excluding hydrogens is 695 g/mol. The minimum absolute atomic E-state index is 0.123. The third-order valence-corrected chi connectivity index (χ3v) is 8.78. The highest BCUT2D eigenvalue weighted by atomic mass is 31.2. The van der Waals surface area contributed by atoms with Crippen LogP contribution >= 0.6 is 7.82 Å². The number of hydrogen-bond acceptors (Lipinski definition) is 9. The number of aliphatic hydroxyl groups excluding tert-OH is 2. The fourth-order valence-corrected chi connectivity index (χ4v) is 5.50. The quantitative estimate of drug-likeness (QED) is 0.0243. The highest BCUT2D eigenvalue weighted by Crippen LogP contribution is 2.43. The van der Waals surface area contributed by atoms with Gasteiger partial charge in [0, 0.05) is 12.8 Å². The lowest BCUT2D eigenvalue weighted by Gasteiger charge is -2.20. The number of rotatable bonds is 36. The Hall–Kier alpha value is -2.59. The molecule has 0 aliphatic carbocycles. The van der Waals surface area contributed by atoms with Crippen molar-refractivity contribution >= 4 is 19.8 Å². The van der Waals surface area contributed by atoms with Gasteiger partial charge in [0.05, 0.1) is 19.8 Å². The van der Waals surface area contributed by atoms with Crippen LogP contribution in [-0.2, 0) is 32.7 Å². The molecule has 0 bridgehead atoms. The fraction of sp³-hybridized carbons (Fsp3) is 0.667. The maximum atomic E-state index is 12.6. The lowest BCUT2D eigenvalue weighted by Crippen LogP contribution is -2.29. The second-order valence-corrected chi connectivity index (χ2v) is 14.4. The van der Waals surface area contributed by atoms with Crippen LogP contribution in [0.5, 0.6) is 0 Å². The van der Waals surface area contributed by atoms with Gasteiger partial charge >= 0.3 is 19.8 Å². The lowest BCUT2D eigenvalue weighted by atomic mass is 10.1. The summed E-state index contributed by atoms with van der Waals surface area (Å²) in [6.45, 7) is 2.20. The van der Waals surface area contributed by atoms with E-state index in [0.717, 1.165) is 64.2 Å². The lowest BCUT2D eigenvalue weighted by molar-refractivity contribution is -0.161. The maximum absolute atomic E-state index is 12.6. The summed E-state index contributed by atoms with van der Waals surface area (Å²) in [4.78, 5) is 34.8. The molecule has 0 saturated heterocycles. The second kappa shape index (κ2) is 37.7. The Labute approximate surface area is 320 Å². The Morgan fingerprint density at radius 2 is 0.962 bits per heavy atom. The van der Waals surface area contributed by atoms with Crippen LogP contribution in [0.15, 0.2) is 72.9 Å². The van der Waals surface area contributed by atoms with Gasteiger partial charge in [-0.2, -0.15) is 0 Å². The standard InChI is InChI=1S/C42H71O10P/c1-3-5-7-9-11-13-15-17-19-21-23-25-27-29-31-33-41(45)49-37-40(38-51-53(47,48)50-36-39(44)35-43)52-42(46)34-32-30-28-26-24-22-20-18-16-14-12-10-8-6-4-2/h11-14,17-20,23-26,39-40,43-44H,3-10,15-16,21-22,27-38H2,1-2H3,(H,47,48)/b13-11+,14-12+,19-17+,20-18+,25-23+,26-24+/t39-,40+/m0/s1. The van der Waals surface area contributed by atoms with Crippen LogP contribution < -0.4 is 0 Å². The monoisotopic (exact) mass is 766 g/mol. The molecule has 0 aliphatic rings. The number of allylic oxidation sites excluding steroid dienone is 12. The molecule has 304 valence electrons. The van der Waals surface area contributed by atoms with Gasteiger partial charge in [-0.05, 0) is 89.9 Å². The van der Waals surface area contributed by atoms with E-state index in [1.165, 1.54) is 38.5 Å². The number of esters is 2. The smallest absolute Gasteiger partial charge is 0.462 e. The van der Waals surface area contributed by atoms with E-state index >= 15 is 0 Å². The molecule has 0 amide bonds. The van der Waals surface area contributed by atoms with Crippen molar-refractivity contribution in [3.05, 3.63) is 72.9 Å². The Morgan fingerprint density at radius 3 is 1.40 bits per heavy atom. The summed E-state index contributed by atoms with van der Waals surface area (Å²) in [5.74, 6) is -1.02. The number of ether oxygens (including phenoxy) is 2. The molecule has 3 N–H and O–H groups in total. The predicted molar refractivity (Wildman–Crippen MR) is 214 cm³/mol. The number of phosphoric acid groups is 1. The van der Waals surface area contributed by atoms with Crippen molar-refractivity contribution in [1.82, 2.24) is 0 Å². The van der Waals surface area contributed by atoms with Gasteiger partial charge in [-0.15, -0.1) is 0 Å². The molecule has 3 atom stereocenters. The summed E-state index contributed by atoms with van der Waals surface area (Å²) in [6.07, 6.45) is 41.6. The molecule has 0 aromatic rings. The van der Waals surface area contributed by atoms with Crippen molar-refractivity contribution in [2.75, 3.05) is 26.4 Å². The van der Waals surface area contributed by atoms with Crippen LogP contribution in [0.2, 0.25) is 0 Å². The SMILES string of the molecule is CCCCC/C=C/C/C=C/C/C=C/CCCCC(=O)OC[C@H](COP(=O)(O)OC[C@@H](O)CO)OC(=O)CCCC/C=C/C/C=C/C/C=C/CCCCC. The minimum atomic E-state index is -4.64. The molecular formula is C42H71O10P. The average molecular weight is 767 g/mol. The van der Waals surface area contributed by atoms with Gasteiger partial charge in [-0.3, -0.25) is 18.6 Å². The molecule has 0 fully saturated rings. The summed E-state index contributed by atoms with van der Waals surface area (Å²) >= 11 is 0. The van der Waals surface area contributed by atoms with E-state index in [9.17, 15) is 24.2 Å². The second-order valence-electron chi connectivity index (χ2n) is 12.9. The van der Waals surface area contributed by atoms with Crippen LogP contribution in [0.1, 0.15) is 142 Å². The van der Waals surface area contributed by atoms with Crippen LogP contribution in [0.25, 0.3) is 0 Å². The van der Waals surface area contributed by atoms with Gasteiger partial charge in [0.2, 0.25) is 0 Å². The topological polar surface area (TPSA) is 149 Å². The largest absolute Gasteiger partial charge is 0.472 e.